The number of aryl methyl sites for hydroxylation is 1. The molecule has 3 aromatic rings. The molecule has 7 heteroatoms. The van der Waals surface area contributed by atoms with Gasteiger partial charge in [-0.1, -0.05) is 17.4 Å². The van der Waals surface area contributed by atoms with Gasteiger partial charge in [-0.15, -0.1) is 11.3 Å². The molecule has 1 amide bonds. The molecule has 0 unspecified atom stereocenters. The first kappa shape index (κ1) is 15.5. The van der Waals surface area contributed by atoms with Gasteiger partial charge in [0.2, 0.25) is 0 Å². The van der Waals surface area contributed by atoms with E-state index in [9.17, 15) is 9.18 Å². The summed E-state index contributed by atoms with van der Waals surface area (Å²) in [4.78, 5) is 17.7. The van der Waals surface area contributed by atoms with Gasteiger partial charge in [0.1, 0.15) is 5.82 Å². The molecular weight excluding hydrogens is 339 g/mol. The molecule has 0 saturated carbocycles. The fraction of sp³-hybridized carbons (Fsp3) is 0.200. The van der Waals surface area contributed by atoms with Crippen molar-refractivity contribution in [3.05, 3.63) is 51.2 Å². The number of fused-ring (bicyclic) bond motifs is 1. The Bertz CT molecular complexity index is 865. The molecule has 0 radical (unpaired) electrons. The lowest BCUT2D eigenvalue weighted by molar-refractivity contribution is 0.100. The van der Waals surface area contributed by atoms with Gasteiger partial charge < -0.3 is 4.57 Å². The fourth-order valence-corrected chi connectivity index (χ4v) is 4.13. The molecule has 0 aliphatic rings. The van der Waals surface area contributed by atoms with Gasteiger partial charge in [0.05, 0.1) is 15.1 Å². The number of benzene rings is 1. The second-order valence-corrected chi connectivity index (χ2v) is 7.48. The third-order valence-electron chi connectivity index (χ3n) is 3.09. The molecule has 3 nitrogen and oxygen atoms in total. The van der Waals surface area contributed by atoms with Crippen molar-refractivity contribution >= 4 is 50.6 Å². The van der Waals surface area contributed by atoms with Crippen molar-refractivity contribution in [2.75, 3.05) is 12.0 Å². The van der Waals surface area contributed by atoms with Crippen molar-refractivity contribution in [1.29, 1.82) is 0 Å². The van der Waals surface area contributed by atoms with Gasteiger partial charge >= 0.3 is 0 Å². The van der Waals surface area contributed by atoms with Crippen LogP contribution >= 0.6 is 34.4 Å². The lowest BCUT2D eigenvalue weighted by Gasteiger charge is -2.03. The van der Waals surface area contributed by atoms with Crippen LogP contribution in [0, 0.1) is 5.82 Å². The summed E-state index contributed by atoms with van der Waals surface area (Å²) in [7, 11) is 0. The Hall–Kier alpha value is -1.44. The van der Waals surface area contributed by atoms with E-state index in [4.69, 9.17) is 0 Å². The monoisotopic (exact) mass is 352 g/mol. The maximum absolute atomic E-state index is 13.4. The normalized spacial score (nSPS) is 12.2. The zero-order valence-corrected chi connectivity index (χ0v) is 14.2. The highest BCUT2D eigenvalue weighted by molar-refractivity contribution is 7.98. The van der Waals surface area contributed by atoms with Gasteiger partial charge in [0.15, 0.2) is 4.80 Å². The van der Waals surface area contributed by atoms with E-state index < -0.39 is 0 Å². The summed E-state index contributed by atoms with van der Waals surface area (Å²) in [6.07, 6.45) is 2.03. The van der Waals surface area contributed by atoms with E-state index in [0.717, 1.165) is 22.5 Å². The Morgan fingerprint density at radius 2 is 2.27 bits per heavy atom. The molecule has 0 spiro atoms. The molecule has 0 N–H and O–H groups in total. The number of hydrogen-bond donors (Lipinski definition) is 0. The Labute approximate surface area is 139 Å². The van der Waals surface area contributed by atoms with Crippen molar-refractivity contribution in [2.45, 2.75) is 6.54 Å². The number of aromatic nitrogens is 1. The van der Waals surface area contributed by atoms with Gasteiger partial charge in [-0.25, -0.2) is 4.39 Å². The molecular formula is C15H13FN2OS3. The first-order valence-corrected chi connectivity index (χ1v) is 9.68. The number of carbonyl (C=O) groups excluding carboxylic acids is 1. The molecule has 3 rings (SSSR count). The standard InChI is InChI=1S/C15H13FN2OS3/c1-20-8-6-18-11-5-4-10(16)9-13(11)22-15(18)17-14(19)12-3-2-7-21-12/h2-5,7,9H,6,8H2,1H3. The van der Waals surface area contributed by atoms with Gasteiger partial charge in [-0.05, 0) is 35.9 Å². The highest BCUT2D eigenvalue weighted by Gasteiger charge is 2.10. The van der Waals surface area contributed by atoms with Crippen LogP contribution in [0.2, 0.25) is 0 Å². The van der Waals surface area contributed by atoms with Crippen LogP contribution < -0.4 is 4.80 Å². The lowest BCUT2D eigenvalue weighted by atomic mass is 10.3. The van der Waals surface area contributed by atoms with Crippen LogP contribution in [0.15, 0.2) is 40.7 Å². The fourth-order valence-electron chi connectivity index (χ4n) is 2.07. The second-order valence-electron chi connectivity index (χ2n) is 4.54. The van der Waals surface area contributed by atoms with E-state index in [1.165, 1.54) is 34.8 Å². The molecule has 2 aromatic heterocycles. The van der Waals surface area contributed by atoms with Crippen molar-refractivity contribution < 1.29 is 9.18 Å². The van der Waals surface area contributed by atoms with Crippen molar-refractivity contribution in [3.8, 4) is 0 Å². The van der Waals surface area contributed by atoms with E-state index in [-0.39, 0.29) is 11.7 Å². The van der Waals surface area contributed by atoms with Crippen LogP contribution in [0.4, 0.5) is 4.39 Å². The van der Waals surface area contributed by atoms with E-state index >= 15 is 0 Å². The van der Waals surface area contributed by atoms with Crippen molar-refractivity contribution in [2.24, 2.45) is 4.99 Å². The lowest BCUT2D eigenvalue weighted by Crippen LogP contribution is -2.18. The zero-order chi connectivity index (χ0) is 15.5. The first-order chi connectivity index (χ1) is 10.7. The van der Waals surface area contributed by atoms with E-state index in [2.05, 4.69) is 4.99 Å². The van der Waals surface area contributed by atoms with Crippen LogP contribution in [0.25, 0.3) is 10.2 Å². The van der Waals surface area contributed by atoms with Gasteiger partial charge in [-0.3, -0.25) is 4.79 Å². The van der Waals surface area contributed by atoms with Gasteiger partial charge in [-0.2, -0.15) is 16.8 Å². The minimum atomic E-state index is -0.276. The predicted molar refractivity (Wildman–Crippen MR) is 92.4 cm³/mol. The van der Waals surface area contributed by atoms with Crippen molar-refractivity contribution in [1.82, 2.24) is 4.57 Å². The number of amides is 1. The zero-order valence-electron chi connectivity index (χ0n) is 11.8. The van der Waals surface area contributed by atoms with Crippen LogP contribution in [-0.4, -0.2) is 22.5 Å². The Morgan fingerprint density at radius 1 is 1.41 bits per heavy atom. The first-order valence-electron chi connectivity index (χ1n) is 6.59. The quantitative estimate of drug-likeness (QED) is 0.711. The second kappa shape index (κ2) is 6.76. The molecule has 0 aliphatic heterocycles. The average Bonchev–Trinajstić information content (AvgIpc) is 3.12. The highest BCUT2D eigenvalue weighted by Crippen LogP contribution is 2.19. The number of rotatable bonds is 4. The molecule has 0 bridgehead atoms. The van der Waals surface area contributed by atoms with Gasteiger partial charge in [0, 0.05) is 12.3 Å². The number of nitrogens with zero attached hydrogens (tertiary/aromatic N) is 2. The minimum Gasteiger partial charge on any atom is -0.316 e. The molecule has 0 fully saturated rings. The average molecular weight is 352 g/mol. The predicted octanol–water partition coefficient (Wildman–Crippen LogP) is 4.01. The van der Waals surface area contributed by atoms with Crippen LogP contribution in [-0.2, 0) is 6.54 Å². The molecule has 0 aliphatic carbocycles. The number of thioether (sulfide) groups is 1. The third-order valence-corrected chi connectivity index (χ3v) is 5.58. The maximum atomic E-state index is 13.4. The Kier molecular flexibility index (Phi) is 4.75. The third kappa shape index (κ3) is 3.16. The summed E-state index contributed by atoms with van der Waals surface area (Å²) < 4.78 is 16.2. The summed E-state index contributed by atoms with van der Waals surface area (Å²) in [6.45, 7) is 0.739. The summed E-state index contributed by atoms with van der Waals surface area (Å²) in [5, 5.41) is 1.85. The summed E-state index contributed by atoms with van der Waals surface area (Å²) in [5.41, 5.74) is 0.915. The summed E-state index contributed by atoms with van der Waals surface area (Å²) in [6, 6.07) is 8.26. The van der Waals surface area contributed by atoms with Crippen LogP contribution in [0.5, 0.6) is 0 Å². The topological polar surface area (TPSA) is 34.4 Å². The molecule has 22 heavy (non-hydrogen) atoms. The number of thiophene rings is 1. The van der Waals surface area contributed by atoms with E-state index in [0.29, 0.717) is 9.68 Å². The Morgan fingerprint density at radius 3 is 3.00 bits per heavy atom. The largest absolute Gasteiger partial charge is 0.316 e. The highest BCUT2D eigenvalue weighted by atomic mass is 32.2. The molecule has 2 heterocycles. The molecule has 0 saturated heterocycles. The maximum Gasteiger partial charge on any atom is 0.289 e. The summed E-state index contributed by atoms with van der Waals surface area (Å²) >= 11 is 4.44. The van der Waals surface area contributed by atoms with E-state index in [1.54, 1.807) is 23.9 Å². The van der Waals surface area contributed by atoms with Crippen LogP contribution in [0.1, 0.15) is 9.67 Å². The van der Waals surface area contributed by atoms with Crippen LogP contribution in [0.3, 0.4) is 0 Å². The molecule has 0 atom stereocenters. The molecule has 114 valence electrons. The number of hydrogen-bond acceptors (Lipinski definition) is 4. The number of carbonyl (C=O) groups is 1. The number of halogens is 1. The number of thiazole rings is 1. The van der Waals surface area contributed by atoms with E-state index in [1.807, 2.05) is 22.3 Å². The van der Waals surface area contributed by atoms with Gasteiger partial charge in [0.25, 0.3) is 5.91 Å². The molecule has 1 aromatic carbocycles. The minimum absolute atomic E-state index is 0.250. The smallest absolute Gasteiger partial charge is 0.289 e. The van der Waals surface area contributed by atoms with Crippen molar-refractivity contribution in [3.63, 3.8) is 0 Å². The summed E-state index contributed by atoms with van der Waals surface area (Å²) in [5.74, 6) is 0.380. The Balaban J connectivity index is 2.12. The SMILES string of the molecule is CSCCn1c(=NC(=O)c2cccs2)sc2cc(F)ccc21.